The zero-order chi connectivity index (χ0) is 12.1. The van der Waals surface area contributed by atoms with Gasteiger partial charge in [-0.1, -0.05) is 0 Å². The SMILES string of the molecule is Fc1ccc(OCSCc2c[nH]c(=S)o2)cc1. The fourth-order valence-electron chi connectivity index (χ4n) is 1.17. The number of thioether (sulfide) groups is 1. The Morgan fingerprint density at radius 3 is 2.76 bits per heavy atom. The molecule has 6 heteroatoms. The van der Waals surface area contributed by atoms with Crippen molar-refractivity contribution in [1.82, 2.24) is 4.98 Å². The zero-order valence-electron chi connectivity index (χ0n) is 8.81. The molecule has 0 atom stereocenters. The summed E-state index contributed by atoms with van der Waals surface area (Å²) in [5, 5.41) is 0. The summed E-state index contributed by atoms with van der Waals surface area (Å²) >= 11 is 6.34. The molecule has 0 spiro atoms. The van der Waals surface area contributed by atoms with Gasteiger partial charge in [-0.05, 0) is 36.5 Å². The van der Waals surface area contributed by atoms with E-state index in [1.54, 1.807) is 30.1 Å². The summed E-state index contributed by atoms with van der Waals surface area (Å²) < 4.78 is 23.2. The average molecular weight is 271 g/mol. The molecule has 1 aromatic heterocycles. The highest BCUT2D eigenvalue weighted by molar-refractivity contribution is 7.98. The summed E-state index contributed by atoms with van der Waals surface area (Å²) in [7, 11) is 0. The molecule has 0 unspecified atom stereocenters. The molecule has 17 heavy (non-hydrogen) atoms. The quantitative estimate of drug-likeness (QED) is 0.510. The first-order chi connectivity index (χ1) is 8.24. The van der Waals surface area contributed by atoms with Crippen LogP contribution in [0.25, 0.3) is 0 Å². The number of hydrogen-bond donors (Lipinski definition) is 1. The van der Waals surface area contributed by atoms with Crippen molar-refractivity contribution in [3.63, 3.8) is 0 Å². The maximum atomic E-state index is 12.6. The van der Waals surface area contributed by atoms with Gasteiger partial charge in [0.05, 0.1) is 5.75 Å². The number of aromatic nitrogens is 1. The molecule has 0 saturated heterocycles. The molecule has 0 saturated carbocycles. The van der Waals surface area contributed by atoms with Crippen molar-refractivity contribution in [3.05, 3.63) is 46.9 Å². The van der Waals surface area contributed by atoms with E-state index in [-0.39, 0.29) is 5.82 Å². The van der Waals surface area contributed by atoms with Crippen molar-refractivity contribution in [3.8, 4) is 5.75 Å². The van der Waals surface area contributed by atoms with Gasteiger partial charge in [0.1, 0.15) is 23.3 Å². The van der Waals surface area contributed by atoms with E-state index in [0.29, 0.717) is 22.3 Å². The smallest absolute Gasteiger partial charge is 0.266 e. The Bertz CT molecular complexity index is 521. The monoisotopic (exact) mass is 271 g/mol. The highest BCUT2D eigenvalue weighted by Gasteiger charge is 1.99. The largest absolute Gasteiger partial charge is 0.483 e. The molecule has 0 aliphatic rings. The first-order valence-corrected chi connectivity index (χ1v) is 6.44. The number of rotatable bonds is 5. The number of ether oxygens (including phenoxy) is 1. The third kappa shape index (κ3) is 3.90. The van der Waals surface area contributed by atoms with Crippen LogP contribution in [0.2, 0.25) is 0 Å². The van der Waals surface area contributed by atoms with Crippen LogP contribution < -0.4 is 4.74 Å². The van der Waals surface area contributed by atoms with Crippen LogP contribution in [0.5, 0.6) is 5.75 Å². The van der Waals surface area contributed by atoms with E-state index in [0.717, 1.165) is 5.76 Å². The average Bonchev–Trinajstić information content (AvgIpc) is 2.73. The van der Waals surface area contributed by atoms with Crippen LogP contribution in [0.1, 0.15) is 5.76 Å². The van der Waals surface area contributed by atoms with Crippen LogP contribution in [0, 0.1) is 10.7 Å². The normalized spacial score (nSPS) is 10.4. The summed E-state index contributed by atoms with van der Waals surface area (Å²) in [6, 6.07) is 5.92. The van der Waals surface area contributed by atoms with Gasteiger partial charge in [-0.15, -0.1) is 11.8 Å². The van der Waals surface area contributed by atoms with E-state index in [4.69, 9.17) is 21.4 Å². The molecule has 0 bridgehead atoms. The van der Waals surface area contributed by atoms with Gasteiger partial charge in [0.25, 0.3) is 4.84 Å². The molecular weight excluding hydrogens is 261 g/mol. The highest BCUT2D eigenvalue weighted by atomic mass is 32.2. The molecule has 0 aliphatic carbocycles. The fraction of sp³-hybridized carbons (Fsp3) is 0.182. The number of oxazole rings is 1. The third-order valence-electron chi connectivity index (χ3n) is 1.94. The standard InChI is InChI=1S/C11H10FNO2S2/c12-8-1-3-9(4-2-8)14-7-17-6-10-5-13-11(16)15-10/h1-5H,6-7H2,(H,13,16). The first kappa shape index (κ1) is 12.2. The summed E-state index contributed by atoms with van der Waals surface area (Å²) in [5.74, 6) is 2.30. The van der Waals surface area contributed by atoms with Crippen molar-refractivity contribution >= 4 is 24.0 Å². The third-order valence-corrected chi connectivity index (χ3v) is 2.92. The van der Waals surface area contributed by atoms with E-state index in [2.05, 4.69) is 4.98 Å². The second-order valence-corrected chi connectivity index (χ2v) is 4.51. The van der Waals surface area contributed by atoms with Crippen LogP contribution in [0.4, 0.5) is 4.39 Å². The predicted octanol–water partition coefficient (Wildman–Crippen LogP) is 3.75. The molecule has 0 radical (unpaired) electrons. The van der Waals surface area contributed by atoms with E-state index < -0.39 is 0 Å². The van der Waals surface area contributed by atoms with Crippen LogP contribution >= 0.6 is 24.0 Å². The lowest BCUT2D eigenvalue weighted by atomic mass is 10.3. The van der Waals surface area contributed by atoms with Crippen LogP contribution in [-0.4, -0.2) is 10.9 Å². The molecule has 0 fully saturated rings. The van der Waals surface area contributed by atoms with Gasteiger partial charge in [-0.2, -0.15) is 0 Å². The molecule has 1 aromatic carbocycles. The molecular formula is C11H10FNO2S2. The minimum Gasteiger partial charge on any atom is -0.483 e. The van der Waals surface area contributed by atoms with Gasteiger partial charge >= 0.3 is 0 Å². The van der Waals surface area contributed by atoms with Gasteiger partial charge in [-0.25, -0.2) is 4.39 Å². The van der Waals surface area contributed by atoms with Crippen molar-refractivity contribution in [2.24, 2.45) is 0 Å². The van der Waals surface area contributed by atoms with Crippen molar-refractivity contribution in [1.29, 1.82) is 0 Å². The second-order valence-electron chi connectivity index (χ2n) is 3.21. The van der Waals surface area contributed by atoms with Crippen molar-refractivity contribution in [2.45, 2.75) is 5.75 Å². The molecule has 2 aromatic rings. The maximum absolute atomic E-state index is 12.6. The van der Waals surface area contributed by atoms with E-state index in [1.165, 1.54) is 12.1 Å². The van der Waals surface area contributed by atoms with E-state index in [1.807, 2.05) is 0 Å². The number of hydrogen-bond acceptors (Lipinski definition) is 4. The minimum atomic E-state index is -0.269. The van der Waals surface area contributed by atoms with Gasteiger partial charge in [0.2, 0.25) is 0 Å². The van der Waals surface area contributed by atoms with Crippen LogP contribution in [0.15, 0.2) is 34.9 Å². The second kappa shape index (κ2) is 5.88. The number of H-pyrrole nitrogens is 1. The van der Waals surface area contributed by atoms with Gasteiger partial charge in [0, 0.05) is 6.20 Å². The Kier molecular flexibility index (Phi) is 4.22. The van der Waals surface area contributed by atoms with Gasteiger partial charge in [0.15, 0.2) is 0 Å². The molecule has 0 amide bonds. The Morgan fingerprint density at radius 1 is 1.35 bits per heavy atom. The number of aromatic amines is 1. The molecule has 0 aliphatic heterocycles. The Morgan fingerprint density at radius 2 is 2.12 bits per heavy atom. The van der Waals surface area contributed by atoms with Crippen LogP contribution in [-0.2, 0) is 5.75 Å². The molecule has 90 valence electrons. The Hall–Kier alpha value is -1.27. The Balaban J connectivity index is 1.73. The number of nitrogens with one attached hydrogen (secondary N) is 1. The molecule has 3 nitrogen and oxygen atoms in total. The Labute approximate surface area is 107 Å². The molecule has 2 rings (SSSR count). The first-order valence-electron chi connectivity index (χ1n) is 4.87. The van der Waals surface area contributed by atoms with Crippen LogP contribution in [0.3, 0.4) is 0 Å². The molecule has 1 N–H and O–H groups in total. The maximum Gasteiger partial charge on any atom is 0.266 e. The number of halogens is 1. The summed E-state index contributed by atoms with van der Waals surface area (Å²) in [6.07, 6.45) is 1.73. The highest BCUT2D eigenvalue weighted by Crippen LogP contribution is 2.16. The lowest BCUT2D eigenvalue weighted by molar-refractivity contribution is 0.391. The van der Waals surface area contributed by atoms with Gasteiger partial charge < -0.3 is 14.1 Å². The summed E-state index contributed by atoms with van der Waals surface area (Å²) in [5.41, 5.74) is 0. The fourth-order valence-corrected chi connectivity index (χ4v) is 1.98. The van der Waals surface area contributed by atoms with Crippen molar-refractivity contribution in [2.75, 3.05) is 5.94 Å². The zero-order valence-corrected chi connectivity index (χ0v) is 10.4. The van der Waals surface area contributed by atoms with Gasteiger partial charge in [-0.3, -0.25) is 0 Å². The lowest BCUT2D eigenvalue weighted by Crippen LogP contribution is -1.93. The van der Waals surface area contributed by atoms with E-state index in [9.17, 15) is 4.39 Å². The summed E-state index contributed by atoms with van der Waals surface area (Å²) in [6.45, 7) is 0. The summed E-state index contributed by atoms with van der Waals surface area (Å²) in [4.78, 5) is 3.16. The van der Waals surface area contributed by atoms with Crippen molar-refractivity contribution < 1.29 is 13.5 Å². The van der Waals surface area contributed by atoms with E-state index >= 15 is 0 Å². The number of benzene rings is 1. The predicted molar refractivity (Wildman–Crippen MR) is 67.1 cm³/mol. The molecule has 1 heterocycles. The topological polar surface area (TPSA) is 38.2 Å². The lowest BCUT2D eigenvalue weighted by Gasteiger charge is -2.04. The minimum absolute atomic E-state index is 0.269.